The summed E-state index contributed by atoms with van der Waals surface area (Å²) in [4.78, 5) is 15.1. The first-order chi connectivity index (χ1) is 17.3. The van der Waals surface area contributed by atoms with Gasteiger partial charge in [0.05, 0.1) is 0 Å². The molecule has 1 aliphatic rings. The number of hydrogen-bond donors (Lipinski definition) is 4. The molecule has 0 saturated heterocycles. The molecule has 0 atom stereocenters. The van der Waals surface area contributed by atoms with E-state index < -0.39 is 0 Å². The molecule has 0 aromatic carbocycles. The fourth-order valence-corrected chi connectivity index (χ4v) is 6.19. The first-order valence-electron chi connectivity index (χ1n) is 13.6. The van der Waals surface area contributed by atoms with Crippen molar-refractivity contribution < 1.29 is 0 Å². The van der Waals surface area contributed by atoms with Gasteiger partial charge in [-0.15, -0.1) is 0 Å². The average molecular weight is 481 g/mol. The molecule has 36 heavy (non-hydrogen) atoms. The van der Waals surface area contributed by atoms with Crippen molar-refractivity contribution in [2.24, 2.45) is 0 Å². The maximum absolute atomic E-state index is 3.77. The third-order valence-electron chi connectivity index (χ3n) is 8.37. The summed E-state index contributed by atoms with van der Waals surface area (Å²) in [6.07, 6.45) is 13.2. The van der Waals surface area contributed by atoms with Crippen molar-refractivity contribution in [3.63, 3.8) is 0 Å². The number of aromatic amines is 4. The highest BCUT2D eigenvalue weighted by molar-refractivity contribution is 5.65. The summed E-state index contributed by atoms with van der Waals surface area (Å²) >= 11 is 0. The van der Waals surface area contributed by atoms with Crippen LogP contribution in [0.15, 0.2) is 0 Å². The summed E-state index contributed by atoms with van der Waals surface area (Å²) in [5.41, 5.74) is 15.6. The number of H-pyrrole nitrogens is 4. The summed E-state index contributed by atoms with van der Waals surface area (Å²) in [6, 6.07) is 0. The van der Waals surface area contributed by atoms with E-state index in [9.17, 15) is 0 Å². The molecule has 4 nitrogen and oxygen atoms in total. The van der Waals surface area contributed by atoms with Gasteiger partial charge in [-0.3, -0.25) is 0 Å². The molecule has 188 valence electrons. The highest BCUT2D eigenvalue weighted by Gasteiger charge is 2.15. The SMILES string of the molecule is CCc1c2[nH]c(c1C)C=c1[nH]c(c(C)c1CC)=Cc1[nH]c(c(C)c1CC)C=c1[nH]c(c(C)c1CC)=C2. The molecule has 4 heteroatoms. The van der Waals surface area contributed by atoms with Crippen LogP contribution in [0.5, 0.6) is 0 Å². The van der Waals surface area contributed by atoms with Crippen molar-refractivity contribution in [2.45, 2.75) is 81.1 Å². The van der Waals surface area contributed by atoms with Gasteiger partial charge >= 0.3 is 0 Å². The average Bonchev–Trinajstić information content (AvgIpc) is 3.51. The Kier molecular flexibility index (Phi) is 6.23. The normalized spacial score (nSPS) is 12.7. The van der Waals surface area contributed by atoms with Gasteiger partial charge in [0, 0.05) is 44.2 Å². The lowest BCUT2D eigenvalue weighted by Crippen LogP contribution is -2.13. The van der Waals surface area contributed by atoms with Crippen LogP contribution in [-0.4, -0.2) is 19.9 Å². The van der Waals surface area contributed by atoms with Gasteiger partial charge in [-0.25, -0.2) is 0 Å². The van der Waals surface area contributed by atoms with Gasteiger partial charge in [-0.05, 0) is 122 Å². The van der Waals surface area contributed by atoms with E-state index in [2.05, 4.69) is 99.6 Å². The van der Waals surface area contributed by atoms with Crippen molar-refractivity contribution in [3.05, 3.63) is 88.7 Å². The zero-order chi connectivity index (χ0) is 25.7. The Morgan fingerprint density at radius 2 is 0.722 bits per heavy atom. The van der Waals surface area contributed by atoms with Crippen LogP contribution in [0.25, 0.3) is 24.3 Å². The van der Waals surface area contributed by atoms with E-state index in [1.54, 1.807) is 0 Å². The molecule has 0 spiro atoms. The van der Waals surface area contributed by atoms with Crippen LogP contribution in [0, 0.1) is 27.7 Å². The number of hydrogen-bond acceptors (Lipinski definition) is 0. The minimum atomic E-state index is 0.995. The third-order valence-corrected chi connectivity index (χ3v) is 8.37. The van der Waals surface area contributed by atoms with Crippen LogP contribution < -0.4 is 21.4 Å². The summed E-state index contributed by atoms with van der Waals surface area (Å²) in [6.45, 7) is 18.0. The zero-order valence-electron chi connectivity index (χ0n) is 23.1. The molecule has 8 bridgehead atoms. The Morgan fingerprint density at radius 1 is 0.389 bits per heavy atom. The second-order valence-corrected chi connectivity index (χ2v) is 10.2. The molecule has 0 amide bonds. The van der Waals surface area contributed by atoms with Crippen molar-refractivity contribution in [1.82, 2.24) is 19.9 Å². The molecule has 4 N–H and O–H groups in total. The molecule has 0 aliphatic carbocycles. The van der Waals surface area contributed by atoms with E-state index in [4.69, 9.17) is 0 Å². The lowest BCUT2D eigenvalue weighted by Gasteiger charge is -1.98. The van der Waals surface area contributed by atoms with Gasteiger partial charge in [0.15, 0.2) is 0 Å². The summed E-state index contributed by atoms with van der Waals surface area (Å²) in [7, 11) is 0. The minimum Gasteiger partial charge on any atom is -0.355 e. The quantitative estimate of drug-likeness (QED) is 0.299. The first kappa shape index (κ1) is 24.3. The van der Waals surface area contributed by atoms with Crippen LogP contribution in [0.4, 0.5) is 0 Å². The minimum absolute atomic E-state index is 0.995. The summed E-state index contributed by atoms with van der Waals surface area (Å²) in [5, 5.41) is 4.77. The van der Waals surface area contributed by atoms with Crippen molar-refractivity contribution in [1.29, 1.82) is 0 Å². The van der Waals surface area contributed by atoms with Crippen LogP contribution in [-0.2, 0) is 25.7 Å². The van der Waals surface area contributed by atoms with Crippen LogP contribution in [0.2, 0.25) is 0 Å². The standard InChI is InChI=1S/C32H40N4/c1-9-21-17(5)25-14-30-23(11-3)19(7)27(35-30)16-32-24(12-4)20(8)28(36-32)15-31-22(10-2)18(6)26(34-31)13-29(21)33-25/h13-16,33-36H,9-12H2,1-8H3. The van der Waals surface area contributed by atoms with Crippen LogP contribution in [0.1, 0.15) is 95.0 Å². The number of nitrogens with one attached hydrogen (secondary N) is 4. The second-order valence-electron chi connectivity index (χ2n) is 10.2. The van der Waals surface area contributed by atoms with Crippen molar-refractivity contribution >= 4 is 24.3 Å². The lowest BCUT2D eigenvalue weighted by atomic mass is 10.0. The molecular weight excluding hydrogens is 440 g/mol. The molecule has 4 aromatic heterocycles. The molecule has 4 aromatic rings. The van der Waals surface area contributed by atoms with E-state index in [1.807, 2.05) is 0 Å². The lowest BCUT2D eigenvalue weighted by molar-refractivity contribution is 1.10. The Bertz CT molecular complexity index is 1580. The number of fused-ring (bicyclic) bond motifs is 8. The van der Waals surface area contributed by atoms with Crippen LogP contribution in [0.3, 0.4) is 0 Å². The van der Waals surface area contributed by atoms with Gasteiger partial charge in [0.1, 0.15) is 0 Å². The highest BCUT2D eigenvalue weighted by Crippen LogP contribution is 2.22. The molecule has 5 rings (SSSR count). The molecule has 1 aliphatic heterocycles. The number of rotatable bonds is 4. The molecule has 0 saturated carbocycles. The Hall–Kier alpha value is -3.40. The van der Waals surface area contributed by atoms with E-state index >= 15 is 0 Å². The zero-order valence-corrected chi connectivity index (χ0v) is 23.1. The van der Waals surface area contributed by atoms with Gasteiger partial charge in [0.2, 0.25) is 0 Å². The van der Waals surface area contributed by atoms with Crippen molar-refractivity contribution in [2.75, 3.05) is 0 Å². The Balaban J connectivity index is 1.96. The Labute approximate surface area is 214 Å². The monoisotopic (exact) mass is 480 g/mol. The highest BCUT2D eigenvalue weighted by atomic mass is 14.8. The fraction of sp³-hybridized carbons (Fsp3) is 0.375. The van der Waals surface area contributed by atoms with Gasteiger partial charge in [-0.2, -0.15) is 0 Å². The predicted molar refractivity (Wildman–Crippen MR) is 152 cm³/mol. The summed E-state index contributed by atoms with van der Waals surface area (Å²) < 4.78 is 0. The van der Waals surface area contributed by atoms with Gasteiger partial charge < -0.3 is 19.9 Å². The number of aromatic nitrogens is 4. The Morgan fingerprint density at radius 3 is 1.06 bits per heavy atom. The molecule has 0 radical (unpaired) electrons. The van der Waals surface area contributed by atoms with E-state index in [1.165, 1.54) is 88.7 Å². The van der Waals surface area contributed by atoms with E-state index in [0.717, 1.165) is 25.7 Å². The first-order valence-corrected chi connectivity index (χ1v) is 13.6. The molecule has 5 heterocycles. The fourth-order valence-electron chi connectivity index (χ4n) is 6.19. The topological polar surface area (TPSA) is 63.2 Å². The maximum atomic E-state index is 3.77. The van der Waals surface area contributed by atoms with Crippen molar-refractivity contribution in [3.8, 4) is 0 Å². The maximum Gasteiger partial charge on any atom is 0.0441 e. The summed E-state index contributed by atoms with van der Waals surface area (Å²) in [5.74, 6) is 0. The molecule has 0 unspecified atom stereocenters. The predicted octanol–water partition coefficient (Wildman–Crippen LogP) is 4.11. The smallest absolute Gasteiger partial charge is 0.0441 e. The second kappa shape index (κ2) is 9.24. The van der Waals surface area contributed by atoms with E-state index in [-0.39, 0.29) is 0 Å². The van der Waals surface area contributed by atoms with E-state index in [0.29, 0.717) is 0 Å². The van der Waals surface area contributed by atoms with Gasteiger partial charge in [-0.1, -0.05) is 27.7 Å². The molecule has 0 fully saturated rings. The molecular formula is C32H40N4. The van der Waals surface area contributed by atoms with Crippen LogP contribution >= 0.6 is 0 Å². The largest absolute Gasteiger partial charge is 0.355 e. The van der Waals surface area contributed by atoms with Gasteiger partial charge in [0.25, 0.3) is 0 Å². The third kappa shape index (κ3) is 3.75.